The second-order valence-corrected chi connectivity index (χ2v) is 11.3. The molecule has 0 heterocycles. The Bertz CT molecular complexity index is 1050. The molecule has 2 nitrogen and oxygen atoms in total. The van der Waals surface area contributed by atoms with Crippen molar-refractivity contribution in [1.29, 1.82) is 0 Å². The molecule has 3 aromatic carbocycles. The molecule has 0 saturated heterocycles. The van der Waals surface area contributed by atoms with E-state index in [0.717, 1.165) is 38.9 Å². The van der Waals surface area contributed by atoms with E-state index in [0.29, 0.717) is 11.5 Å². The maximum Gasteiger partial charge on any atom is 0.123 e. The van der Waals surface area contributed by atoms with Gasteiger partial charge in [-0.2, -0.15) is 0 Å². The SMILES string of the molecule is Cc1ccc(C(c2cc(C)cc(C(C)(C)C)c2O)c2cc(C)cc(C(C)(C)C)c2O)cc1. The highest BCUT2D eigenvalue weighted by atomic mass is 16.3. The predicted octanol–water partition coefficient (Wildman–Crippen LogP) is 7.80. The number of hydrogen-bond acceptors (Lipinski definition) is 2. The topological polar surface area (TPSA) is 40.5 Å². The molecular formula is C30H38O2. The Morgan fingerprint density at radius 2 is 0.938 bits per heavy atom. The van der Waals surface area contributed by atoms with Crippen molar-refractivity contribution in [1.82, 2.24) is 0 Å². The van der Waals surface area contributed by atoms with Gasteiger partial charge in [-0.3, -0.25) is 0 Å². The van der Waals surface area contributed by atoms with Crippen LogP contribution in [0.3, 0.4) is 0 Å². The summed E-state index contributed by atoms with van der Waals surface area (Å²) in [5.41, 5.74) is 7.55. The van der Waals surface area contributed by atoms with Gasteiger partial charge in [0.25, 0.3) is 0 Å². The van der Waals surface area contributed by atoms with Crippen molar-refractivity contribution in [3.05, 3.63) is 93.0 Å². The fourth-order valence-electron chi connectivity index (χ4n) is 4.48. The standard InChI is InChI=1S/C30H38O2/c1-18-10-12-21(13-11-18)26(22-14-19(2)16-24(27(22)31)29(4,5)6)23-15-20(3)17-25(28(23)32)30(7,8)9/h10-17,26,31-32H,1-9H3. The summed E-state index contributed by atoms with van der Waals surface area (Å²) in [6.45, 7) is 18.9. The summed E-state index contributed by atoms with van der Waals surface area (Å²) in [6.07, 6.45) is 0. The molecule has 0 amide bonds. The summed E-state index contributed by atoms with van der Waals surface area (Å²) in [4.78, 5) is 0. The van der Waals surface area contributed by atoms with Crippen LogP contribution < -0.4 is 0 Å². The molecule has 3 rings (SSSR count). The summed E-state index contributed by atoms with van der Waals surface area (Å²) in [5.74, 6) is 0.344. The Hall–Kier alpha value is -2.74. The second kappa shape index (κ2) is 8.31. The first-order chi connectivity index (χ1) is 14.7. The summed E-state index contributed by atoms with van der Waals surface area (Å²) in [7, 11) is 0. The molecule has 0 radical (unpaired) electrons. The van der Waals surface area contributed by atoms with Crippen molar-refractivity contribution in [2.45, 2.75) is 79.1 Å². The number of rotatable bonds is 3. The maximum absolute atomic E-state index is 11.5. The van der Waals surface area contributed by atoms with Gasteiger partial charge in [0.15, 0.2) is 0 Å². The zero-order valence-electron chi connectivity index (χ0n) is 21.1. The van der Waals surface area contributed by atoms with Gasteiger partial charge in [0, 0.05) is 17.0 Å². The summed E-state index contributed by atoms with van der Waals surface area (Å²) in [5, 5.41) is 23.0. The molecule has 0 atom stereocenters. The minimum atomic E-state index is -0.280. The van der Waals surface area contributed by atoms with E-state index in [9.17, 15) is 10.2 Å². The van der Waals surface area contributed by atoms with Crippen LogP contribution in [0.15, 0.2) is 48.5 Å². The molecule has 0 aliphatic heterocycles. The Balaban J connectivity index is 2.41. The van der Waals surface area contributed by atoms with Crippen LogP contribution in [0.4, 0.5) is 0 Å². The maximum atomic E-state index is 11.5. The van der Waals surface area contributed by atoms with Crippen LogP contribution in [0.25, 0.3) is 0 Å². The molecule has 0 aromatic heterocycles. The highest BCUT2D eigenvalue weighted by Crippen LogP contribution is 2.47. The number of aromatic hydroxyl groups is 2. The molecule has 0 saturated carbocycles. The van der Waals surface area contributed by atoms with E-state index in [1.54, 1.807) is 0 Å². The summed E-state index contributed by atoms with van der Waals surface area (Å²) < 4.78 is 0. The van der Waals surface area contributed by atoms with E-state index in [1.165, 1.54) is 5.56 Å². The first kappa shape index (κ1) is 23.9. The zero-order valence-corrected chi connectivity index (χ0v) is 21.1. The van der Waals surface area contributed by atoms with E-state index in [1.807, 2.05) is 0 Å². The Labute approximate surface area is 194 Å². The van der Waals surface area contributed by atoms with Crippen molar-refractivity contribution in [3.8, 4) is 11.5 Å². The molecule has 0 unspecified atom stereocenters. The lowest BCUT2D eigenvalue weighted by molar-refractivity contribution is 0.431. The molecule has 0 fully saturated rings. The lowest BCUT2D eigenvalue weighted by Crippen LogP contribution is -2.16. The molecule has 0 bridgehead atoms. The van der Waals surface area contributed by atoms with Crippen molar-refractivity contribution in [2.24, 2.45) is 0 Å². The molecule has 3 aromatic rings. The lowest BCUT2D eigenvalue weighted by Gasteiger charge is -2.29. The Morgan fingerprint density at radius 3 is 1.28 bits per heavy atom. The van der Waals surface area contributed by atoms with Crippen molar-refractivity contribution >= 4 is 0 Å². The van der Waals surface area contributed by atoms with Gasteiger partial charge >= 0.3 is 0 Å². The predicted molar refractivity (Wildman–Crippen MR) is 135 cm³/mol. The molecule has 2 N–H and O–H groups in total. The number of aryl methyl sites for hydroxylation is 3. The van der Waals surface area contributed by atoms with Crippen LogP contribution in [0.2, 0.25) is 0 Å². The minimum Gasteiger partial charge on any atom is -0.507 e. The van der Waals surface area contributed by atoms with Crippen LogP contribution >= 0.6 is 0 Å². The first-order valence-electron chi connectivity index (χ1n) is 11.4. The number of phenolic OH excluding ortho intramolecular Hbond substituents is 2. The third-order valence-corrected chi connectivity index (χ3v) is 6.22. The quantitative estimate of drug-likeness (QED) is 0.416. The lowest BCUT2D eigenvalue weighted by atomic mass is 9.76. The highest BCUT2D eigenvalue weighted by Gasteiger charge is 2.30. The largest absolute Gasteiger partial charge is 0.507 e. The van der Waals surface area contributed by atoms with Crippen molar-refractivity contribution in [3.63, 3.8) is 0 Å². The molecule has 0 aliphatic carbocycles. The van der Waals surface area contributed by atoms with Gasteiger partial charge in [0.2, 0.25) is 0 Å². The number of hydrogen-bond donors (Lipinski definition) is 2. The molecule has 2 heteroatoms. The van der Waals surface area contributed by atoms with E-state index in [2.05, 4.69) is 111 Å². The van der Waals surface area contributed by atoms with Crippen LogP contribution in [-0.4, -0.2) is 10.2 Å². The molecular weight excluding hydrogens is 392 g/mol. The number of benzene rings is 3. The van der Waals surface area contributed by atoms with Gasteiger partial charge in [-0.15, -0.1) is 0 Å². The van der Waals surface area contributed by atoms with Crippen LogP contribution in [-0.2, 0) is 10.8 Å². The molecule has 0 aliphatic rings. The van der Waals surface area contributed by atoms with Crippen molar-refractivity contribution < 1.29 is 10.2 Å². The van der Waals surface area contributed by atoms with Crippen molar-refractivity contribution in [2.75, 3.05) is 0 Å². The fraction of sp³-hybridized carbons (Fsp3) is 0.400. The summed E-state index contributed by atoms with van der Waals surface area (Å²) >= 11 is 0. The molecule has 32 heavy (non-hydrogen) atoms. The fourth-order valence-corrected chi connectivity index (χ4v) is 4.48. The van der Waals surface area contributed by atoms with Crippen LogP contribution in [0.5, 0.6) is 11.5 Å². The third-order valence-electron chi connectivity index (χ3n) is 6.22. The molecule has 0 spiro atoms. The van der Waals surface area contributed by atoms with Crippen LogP contribution in [0.1, 0.15) is 92.0 Å². The normalized spacial score (nSPS) is 12.4. The van der Waals surface area contributed by atoms with Gasteiger partial charge in [-0.25, -0.2) is 0 Å². The van der Waals surface area contributed by atoms with Gasteiger partial charge in [0.1, 0.15) is 11.5 Å². The monoisotopic (exact) mass is 430 g/mol. The molecule has 170 valence electrons. The van der Waals surface area contributed by atoms with E-state index in [-0.39, 0.29) is 16.7 Å². The van der Waals surface area contributed by atoms with E-state index < -0.39 is 0 Å². The van der Waals surface area contributed by atoms with E-state index >= 15 is 0 Å². The Morgan fingerprint density at radius 1 is 0.562 bits per heavy atom. The van der Waals surface area contributed by atoms with Gasteiger partial charge in [0.05, 0.1) is 0 Å². The van der Waals surface area contributed by atoms with Gasteiger partial charge in [-0.05, 0) is 48.3 Å². The van der Waals surface area contributed by atoms with E-state index in [4.69, 9.17) is 0 Å². The first-order valence-corrected chi connectivity index (χ1v) is 11.4. The summed E-state index contributed by atoms with van der Waals surface area (Å²) in [6, 6.07) is 16.7. The number of phenols is 2. The average Bonchev–Trinajstić information content (AvgIpc) is 2.66. The minimum absolute atomic E-state index is 0.200. The Kier molecular flexibility index (Phi) is 6.21. The van der Waals surface area contributed by atoms with Gasteiger partial charge in [-0.1, -0.05) is 107 Å². The second-order valence-electron chi connectivity index (χ2n) is 11.3. The third kappa shape index (κ3) is 4.70. The highest BCUT2D eigenvalue weighted by molar-refractivity contribution is 5.59. The zero-order chi connectivity index (χ0) is 24.0. The van der Waals surface area contributed by atoms with Crippen LogP contribution in [0, 0.1) is 20.8 Å². The van der Waals surface area contributed by atoms with Gasteiger partial charge < -0.3 is 10.2 Å². The average molecular weight is 431 g/mol. The smallest absolute Gasteiger partial charge is 0.123 e.